The lowest BCUT2D eigenvalue weighted by molar-refractivity contribution is 0.448. The van der Waals surface area contributed by atoms with Crippen LogP contribution in [0.3, 0.4) is 0 Å². The lowest BCUT2D eigenvalue weighted by Crippen LogP contribution is -2.52. The molecule has 1 rings (SSSR count). The number of nitrogens with one attached hydrogen (secondary N) is 1. The van der Waals surface area contributed by atoms with Crippen molar-refractivity contribution in [3.8, 4) is 0 Å². The highest BCUT2D eigenvalue weighted by atomic mass is 35.5. The first-order valence-corrected chi connectivity index (χ1v) is 7.82. The predicted molar refractivity (Wildman–Crippen MR) is 64.1 cm³/mol. The Kier molecular flexibility index (Phi) is 4.71. The monoisotopic (exact) mass is 273 g/mol. The fourth-order valence-electron chi connectivity index (χ4n) is 1.32. The van der Waals surface area contributed by atoms with Crippen LogP contribution in [0.25, 0.3) is 0 Å². The molecule has 0 aromatic carbocycles. The van der Waals surface area contributed by atoms with Crippen LogP contribution in [0.4, 0.5) is 0 Å². The third-order valence-corrected chi connectivity index (χ3v) is 5.39. The van der Waals surface area contributed by atoms with E-state index in [4.69, 9.17) is 23.2 Å². The Bertz CT molecular complexity index is 289. The fourth-order valence-corrected chi connectivity index (χ4v) is 4.26. The van der Waals surface area contributed by atoms with Crippen molar-refractivity contribution in [2.75, 3.05) is 17.5 Å². The van der Waals surface area contributed by atoms with Crippen molar-refractivity contribution in [3.05, 3.63) is 0 Å². The van der Waals surface area contributed by atoms with Crippen molar-refractivity contribution >= 4 is 33.2 Å². The molecule has 0 bridgehead atoms. The smallest absolute Gasteiger partial charge is 0.212 e. The molecule has 0 aliphatic heterocycles. The van der Waals surface area contributed by atoms with Gasteiger partial charge in [0.1, 0.15) is 0 Å². The molecule has 3 nitrogen and oxygen atoms in total. The van der Waals surface area contributed by atoms with E-state index in [1.807, 2.05) is 6.92 Å². The molecule has 0 unspecified atom stereocenters. The molecule has 0 aromatic heterocycles. The molecule has 0 amide bonds. The number of hydrogen-bond acceptors (Lipinski definition) is 2. The molecule has 0 radical (unpaired) electrons. The van der Waals surface area contributed by atoms with Gasteiger partial charge in [-0.1, -0.05) is 6.92 Å². The van der Waals surface area contributed by atoms with Gasteiger partial charge in [0.05, 0.1) is 11.3 Å². The first-order chi connectivity index (χ1) is 6.97. The highest BCUT2D eigenvalue weighted by Gasteiger charge is 2.35. The maximum absolute atomic E-state index is 11.7. The fraction of sp³-hybridized carbons (Fsp3) is 1.00. The molecule has 1 saturated carbocycles. The van der Waals surface area contributed by atoms with Gasteiger partial charge in [0, 0.05) is 11.8 Å². The maximum Gasteiger partial charge on any atom is 0.212 e. The molecule has 1 aliphatic rings. The average Bonchev–Trinajstić information content (AvgIpc) is 2.97. The summed E-state index contributed by atoms with van der Waals surface area (Å²) in [5.41, 5.74) is -0.684. The minimum absolute atomic E-state index is 0.205. The van der Waals surface area contributed by atoms with E-state index in [1.54, 1.807) is 0 Å². The van der Waals surface area contributed by atoms with E-state index in [2.05, 4.69) is 4.72 Å². The molecule has 0 aromatic rings. The first kappa shape index (κ1) is 13.6. The van der Waals surface area contributed by atoms with Crippen LogP contribution in [-0.4, -0.2) is 31.5 Å². The molecule has 1 aliphatic carbocycles. The minimum atomic E-state index is -3.23. The lowest BCUT2D eigenvalue weighted by atomic mass is 10.0. The Labute approximate surface area is 102 Å². The molecule has 0 spiro atoms. The first-order valence-electron chi connectivity index (χ1n) is 5.10. The summed E-state index contributed by atoms with van der Waals surface area (Å²) in [6.07, 6.45) is 2.63. The van der Waals surface area contributed by atoms with E-state index in [-0.39, 0.29) is 17.5 Å². The van der Waals surface area contributed by atoms with Gasteiger partial charge in [-0.05, 0) is 25.2 Å². The van der Waals surface area contributed by atoms with Crippen molar-refractivity contribution in [2.24, 2.45) is 5.92 Å². The lowest BCUT2D eigenvalue weighted by Gasteiger charge is -2.29. The summed E-state index contributed by atoms with van der Waals surface area (Å²) in [4.78, 5) is 0. The van der Waals surface area contributed by atoms with Crippen LogP contribution in [0, 0.1) is 5.92 Å². The Morgan fingerprint density at radius 2 is 1.87 bits per heavy atom. The Morgan fingerprint density at radius 1 is 1.33 bits per heavy atom. The molecule has 1 N–H and O–H groups in total. The van der Waals surface area contributed by atoms with Gasteiger partial charge in [-0.3, -0.25) is 0 Å². The summed E-state index contributed by atoms with van der Waals surface area (Å²) in [5.74, 6) is 0.957. The summed E-state index contributed by atoms with van der Waals surface area (Å²) in [6.45, 7) is 1.88. The standard InChI is InChI=1S/C9H17Cl2NO2S/c1-2-9(6-10,7-11)12-15(13,14)5-8-3-4-8/h8,12H,2-7H2,1H3. The number of sulfonamides is 1. The minimum Gasteiger partial charge on any atom is -0.212 e. The van der Waals surface area contributed by atoms with Crippen LogP contribution in [0.5, 0.6) is 0 Å². The van der Waals surface area contributed by atoms with Gasteiger partial charge in [-0.25, -0.2) is 13.1 Å². The van der Waals surface area contributed by atoms with Crippen LogP contribution >= 0.6 is 23.2 Å². The molecule has 1 fully saturated rings. The highest BCUT2D eigenvalue weighted by Crippen LogP contribution is 2.30. The van der Waals surface area contributed by atoms with Crippen LogP contribution in [-0.2, 0) is 10.0 Å². The van der Waals surface area contributed by atoms with Gasteiger partial charge in [0.15, 0.2) is 0 Å². The van der Waals surface area contributed by atoms with E-state index in [9.17, 15) is 8.42 Å². The predicted octanol–water partition coefficient (Wildman–Crippen LogP) is 1.94. The second kappa shape index (κ2) is 5.21. The van der Waals surface area contributed by atoms with E-state index in [0.717, 1.165) is 12.8 Å². The van der Waals surface area contributed by atoms with Gasteiger partial charge in [-0.15, -0.1) is 23.2 Å². The van der Waals surface area contributed by atoms with Crippen molar-refractivity contribution in [3.63, 3.8) is 0 Å². The maximum atomic E-state index is 11.7. The normalized spacial score (nSPS) is 18.1. The number of halogens is 2. The molecule has 15 heavy (non-hydrogen) atoms. The second-order valence-corrected chi connectivity index (χ2v) is 6.53. The summed E-state index contributed by atoms with van der Waals surface area (Å²) in [6, 6.07) is 0. The second-order valence-electron chi connectivity index (χ2n) is 4.23. The van der Waals surface area contributed by atoms with E-state index < -0.39 is 15.6 Å². The van der Waals surface area contributed by atoms with Crippen molar-refractivity contribution < 1.29 is 8.42 Å². The Balaban J connectivity index is 2.62. The average molecular weight is 274 g/mol. The Hall–Kier alpha value is 0.490. The molecule has 6 heteroatoms. The van der Waals surface area contributed by atoms with Crippen molar-refractivity contribution in [2.45, 2.75) is 31.7 Å². The molecule has 0 saturated heterocycles. The number of rotatable bonds is 7. The summed E-state index contributed by atoms with van der Waals surface area (Å²) in [5, 5.41) is 0. The molecular formula is C9H17Cl2NO2S. The molecular weight excluding hydrogens is 257 g/mol. The molecule has 0 atom stereocenters. The highest BCUT2D eigenvalue weighted by molar-refractivity contribution is 7.89. The summed E-state index contributed by atoms with van der Waals surface area (Å²) < 4.78 is 26.1. The van der Waals surface area contributed by atoms with Gasteiger partial charge < -0.3 is 0 Å². The molecule has 90 valence electrons. The van der Waals surface area contributed by atoms with E-state index in [1.165, 1.54) is 0 Å². The van der Waals surface area contributed by atoms with Crippen LogP contribution in [0.1, 0.15) is 26.2 Å². The van der Waals surface area contributed by atoms with Gasteiger partial charge in [-0.2, -0.15) is 0 Å². The number of alkyl halides is 2. The van der Waals surface area contributed by atoms with Crippen molar-refractivity contribution in [1.29, 1.82) is 0 Å². The Morgan fingerprint density at radius 3 is 2.20 bits per heavy atom. The largest absolute Gasteiger partial charge is 0.212 e. The van der Waals surface area contributed by atoms with Gasteiger partial charge >= 0.3 is 0 Å². The summed E-state index contributed by atoms with van der Waals surface area (Å²) in [7, 11) is -3.23. The van der Waals surface area contributed by atoms with Crippen LogP contribution in [0.15, 0.2) is 0 Å². The zero-order valence-electron chi connectivity index (χ0n) is 8.80. The topological polar surface area (TPSA) is 46.2 Å². The van der Waals surface area contributed by atoms with E-state index in [0.29, 0.717) is 12.3 Å². The zero-order valence-corrected chi connectivity index (χ0v) is 11.1. The van der Waals surface area contributed by atoms with E-state index >= 15 is 0 Å². The van der Waals surface area contributed by atoms with Crippen molar-refractivity contribution in [1.82, 2.24) is 4.72 Å². The third kappa shape index (κ3) is 4.10. The third-order valence-electron chi connectivity index (χ3n) is 2.71. The zero-order chi connectivity index (χ0) is 11.5. The SMILES string of the molecule is CCC(CCl)(CCl)NS(=O)(=O)CC1CC1. The van der Waals surface area contributed by atoms with Gasteiger partial charge in [0.2, 0.25) is 10.0 Å². The van der Waals surface area contributed by atoms with Crippen LogP contribution in [0.2, 0.25) is 0 Å². The quantitative estimate of drug-likeness (QED) is 0.721. The summed E-state index contributed by atoms with van der Waals surface area (Å²) >= 11 is 11.5. The van der Waals surface area contributed by atoms with Crippen LogP contribution < -0.4 is 4.72 Å². The number of hydrogen-bond donors (Lipinski definition) is 1. The molecule has 0 heterocycles. The van der Waals surface area contributed by atoms with Gasteiger partial charge in [0.25, 0.3) is 0 Å².